The fourth-order valence-corrected chi connectivity index (χ4v) is 1.54. The highest BCUT2D eigenvalue weighted by molar-refractivity contribution is 5.94. The number of hydrogen-bond acceptors (Lipinski definition) is 5. The first-order chi connectivity index (χ1) is 9.45. The lowest BCUT2D eigenvalue weighted by molar-refractivity contribution is -0.138. The number of carboxylic acids is 1. The summed E-state index contributed by atoms with van der Waals surface area (Å²) in [6.45, 7) is 3.63. The van der Waals surface area contributed by atoms with Gasteiger partial charge in [-0.15, -0.1) is 0 Å². The molecule has 0 aliphatic rings. The van der Waals surface area contributed by atoms with Crippen LogP contribution in [-0.2, 0) is 11.3 Å². The Hall–Kier alpha value is -2.64. The number of hydrogen-bond donors (Lipinski definition) is 2. The number of carbonyl (C=O) groups excluding carboxylic acids is 1. The van der Waals surface area contributed by atoms with Crippen molar-refractivity contribution in [2.45, 2.75) is 26.4 Å². The minimum atomic E-state index is -1.12. The van der Waals surface area contributed by atoms with Gasteiger partial charge >= 0.3 is 5.97 Å². The molecular weight excluding hydrogens is 264 g/mol. The molecule has 2 N–H and O–H groups in total. The fourth-order valence-electron chi connectivity index (χ4n) is 1.54. The number of rotatable bonds is 5. The molecule has 2 aromatic heterocycles. The zero-order valence-corrected chi connectivity index (χ0v) is 11.0. The molecule has 106 valence electrons. The van der Waals surface area contributed by atoms with E-state index in [0.717, 1.165) is 5.56 Å². The highest BCUT2D eigenvalue weighted by Gasteiger charge is 2.18. The highest BCUT2D eigenvalue weighted by atomic mass is 16.5. The molecule has 0 aliphatic heterocycles. The van der Waals surface area contributed by atoms with Crippen LogP contribution in [0, 0.1) is 6.92 Å². The van der Waals surface area contributed by atoms with Crippen LogP contribution in [0.15, 0.2) is 23.0 Å². The average Bonchev–Trinajstić information content (AvgIpc) is 2.99. The first-order valence-corrected chi connectivity index (χ1v) is 5.94. The molecule has 8 nitrogen and oxygen atoms in total. The molecule has 20 heavy (non-hydrogen) atoms. The highest BCUT2D eigenvalue weighted by Crippen LogP contribution is 2.07. The van der Waals surface area contributed by atoms with Crippen LogP contribution in [0.25, 0.3) is 0 Å². The minimum Gasteiger partial charge on any atom is -0.480 e. The Labute approximate surface area is 114 Å². The molecule has 2 aromatic rings. The van der Waals surface area contributed by atoms with Gasteiger partial charge in [-0.25, -0.2) is 0 Å². The average molecular weight is 278 g/mol. The Morgan fingerprint density at radius 3 is 2.90 bits per heavy atom. The summed E-state index contributed by atoms with van der Waals surface area (Å²) < 4.78 is 6.67. The minimum absolute atomic E-state index is 0.0389. The van der Waals surface area contributed by atoms with Gasteiger partial charge in [-0.3, -0.25) is 14.3 Å². The first kappa shape index (κ1) is 13.8. The first-order valence-electron chi connectivity index (χ1n) is 5.94. The van der Waals surface area contributed by atoms with Crippen molar-refractivity contribution in [3.05, 3.63) is 35.5 Å². The molecule has 0 saturated carbocycles. The summed E-state index contributed by atoms with van der Waals surface area (Å²) in [6.07, 6.45) is 3.54. The van der Waals surface area contributed by atoms with Gasteiger partial charge in [0.1, 0.15) is 12.6 Å². The molecule has 0 aromatic carbocycles. The third-order valence-electron chi connectivity index (χ3n) is 2.59. The van der Waals surface area contributed by atoms with Crippen LogP contribution in [0.3, 0.4) is 0 Å². The molecule has 1 unspecified atom stereocenters. The molecule has 0 fully saturated rings. The van der Waals surface area contributed by atoms with Crippen molar-refractivity contribution in [3.8, 4) is 0 Å². The summed E-state index contributed by atoms with van der Waals surface area (Å²) in [5.41, 5.74) is 1.05. The van der Waals surface area contributed by atoms with E-state index >= 15 is 0 Å². The Kier molecular flexibility index (Phi) is 3.83. The second-order valence-electron chi connectivity index (χ2n) is 4.43. The molecule has 2 rings (SSSR count). The predicted molar refractivity (Wildman–Crippen MR) is 67.1 cm³/mol. The summed E-state index contributed by atoms with van der Waals surface area (Å²) in [5.74, 6) is -1.25. The summed E-state index contributed by atoms with van der Waals surface area (Å²) >= 11 is 0. The molecule has 1 amide bonds. The molecule has 0 bridgehead atoms. The van der Waals surface area contributed by atoms with Crippen molar-refractivity contribution in [2.24, 2.45) is 0 Å². The van der Waals surface area contributed by atoms with E-state index in [1.807, 2.05) is 13.1 Å². The Morgan fingerprint density at radius 1 is 1.55 bits per heavy atom. The monoisotopic (exact) mass is 278 g/mol. The van der Waals surface area contributed by atoms with Crippen LogP contribution >= 0.6 is 0 Å². The van der Waals surface area contributed by atoms with Crippen molar-refractivity contribution in [1.29, 1.82) is 0 Å². The summed E-state index contributed by atoms with van der Waals surface area (Å²) in [5, 5.41) is 18.7. The van der Waals surface area contributed by atoms with Crippen LogP contribution in [0.5, 0.6) is 0 Å². The van der Waals surface area contributed by atoms with Gasteiger partial charge in [0.05, 0.1) is 6.20 Å². The van der Waals surface area contributed by atoms with Crippen molar-refractivity contribution in [3.63, 3.8) is 0 Å². The standard InChI is InChI=1S/C12H14N4O4/c1-7-4-13-16(5-7)6-9-3-10(15-20-9)11(17)14-8(2)12(18)19/h3-5,8H,6H2,1-2H3,(H,14,17)(H,18,19). The smallest absolute Gasteiger partial charge is 0.325 e. The number of nitrogens with one attached hydrogen (secondary N) is 1. The van der Waals surface area contributed by atoms with Crippen LogP contribution in [0.2, 0.25) is 0 Å². The van der Waals surface area contributed by atoms with Gasteiger partial charge in [0.2, 0.25) is 0 Å². The third kappa shape index (κ3) is 3.22. The molecule has 0 radical (unpaired) electrons. The van der Waals surface area contributed by atoms with Crippen molar-refractivity contribution < 1.29 is 19.2 Å². The topological polar surface area (TPSA) is 110 Å². The second-order valence-corrected chi connectivity index (χ2v) is 4.43. The van der Waals surface area contributed by atoms with Gasteiger partial charge in [0, 0.05) is 12.3 Å². The number of nitrogens with zero attached hydrogens (tertiary/aromatic N) is 3. The fraction of sp³-hybridized carbons (Fsp3) is 0.333. The Morgan fingerprint density at radius 2 is 2.30 bits per heavy atom. The van der Waals surface area contributed by atoms with E-state index < -0.39 is 17.9 Å². The molecule has 8 heteroatoms. The summed E-state index contributed by atoms with van der Waals surface area (Å²) in [7, 11) is 0. The van der Waals surface area contributed by atoms with E-state index in [1.54, 1.807) is 10.9 Å². The van der Waals surface area contributed by atoms with Crippen molar-refractivity contribution in [2.75, 3.05) is 0 Å². The molecule has 0 aliphatic carbocycles. The number of carboxylic acid groups (broad SMARTS) is 1. The molecule has 0 saturated heterocycles. The Balaban J connectivity index is 2.01. The van der Waals surface area contributed by atoms with Crippen LogP contribution < -0.4 is 5.32 Å². The Bertz CT molecular complexity index is 631. The van der Waals surface area contributed by atoms with E-state index in [4.69, 9.17) is 9.63 Å². The largest absolute Gasteiger partial charge is 0.480 e. The lowest BCUT2D eigenvalue weighted by Crippen LogP contribution is -2.38. The lowest BCUT2D eigenvalue weighted by Gasteiger charge is -2.06. The van der Waals surface area contributed by atoms with Crippen LogP contribution in [0.1, 0.15) is 28.7 Å². The molecular formula is C12H14N4O4. The van der Waals surface area contributed by atoms with Gasteiger partial charge in [-0.05, 0) is 19.4 Å². The van der Waals surface area contributed by atoms with Crippen molar-refractivity contribution in [1.82, 2.24) is 20.3 Å². The quantitative estimate of drug-likeness (QED) is 0.820. The number of aromatic nitrogens is 3. The van der Waals surface area contributed by atoms with E-state index in [2.05, 4.69) is 15.6 Å². The van der Waals surface area contributed by atoms with E-state index in [9.17, 15) is 9.59 Å². The third-order valence-corrected chi connectivity index (χ3v) is 2.59. The molecule has 1 atom stereocenters. The SMILES string of the molecule is Cc1cnn(Cc2cc(C(=O)NC(C)C(=O)O)no2)c1. The number of aryl methyl sites for hydroxylation is 1. The normalized spacial score (nSPS) is 12.1. The van der Waals surface area contributed by atoms with Gasteiger partial charge in [-0.1, -0.05) is 5.16 Å². The lowest BCUT2D eigenvalue weighted by atomic mass is 10.3. The summed E-state index contributed by atoms with van der Waals surface area (Å²) in [4.78, 5) is 22.4. The summed E-state index contributed by atoms with van der Waals surface area (Å²) in [6, 6.07) is 0.470. The predicted octanol–water partition coefficient (Wildman–Crippen LogP) is 0.431. The van der Waals surface area contributed by atoms with Gasteiger partial charge in [0.25, 0.3) is 5.91 Å². The maximum absolute atomic E-state index is 11.7. The maximum atomic E-state index is 11.7. The maximum Gasteiger partial charge on any atom is 0.325 e. The number of amides is 1. The van der Waals surface area contributed by atoms with Crippen molar-refractivity contribution >= 4 is 11.9 Å². The zero-order valence-electron chi connectivity index (χ0n) is 11.0. The van der Waals surface area contributed by atoms with E-state index in [-0.39, 0.29) is 5.69 Å². The molecule has 0 spiro atoms. The van der Waals surface area contributed by atoms with E-state index in [0.29, 0.717) is 12.3 Å². The van der Waals surface area contributed by atoms with Gasteiger partial charge in [-0.2, -0.15) is 5.10 Å². The number of carbonyl (C=O) groups is 2. The number of aliphatic carboxylic acids is 1. The molecule has 2 heterocycles. The van der Waals surface area contributed by atoms with Crippen LogP contribution in [-0.4, -0.2) is 38.0 Å². The zero-order chi connectivity index (χ0) is 14.7. The van der Waals surface area contributed by atoms with Gasteiger partial charge in [0.15, 0.2) is 11.5 Å². The van der Waals surface area contributed by atoms with E-state index in [1.165, 1.54) is 13.0 Å². The second kappa shape index (κ2) is 5.55. The van der Waals surface area contributed by atoms with Gasteiger partial charge < -0.3 is 14.9 Å². The van der Waals surface area contributed by atoms with Crippen LogP contribution in [0.4, 0.5) is 0 Å².